The second-order valence-electron chi connectivity index (χ2n) is 7.41. The maximum absolute atomic E-state index is 11.3. The topological polar surface area (TPSA) is 55.2 Å². The third kappa shape index (κ3) is 2.69. The first-order chi connectivity index (χ1) is 12.5. The van der Waals surface area contributed by atoms with E-state index >= 15 is 0 Å². The van der Waals surface area contributed by atoms with Gasteiger partial charge in [0.1, 0.15) is 5.02 Å². The highest BCUT2D eigenvalue weighted by molar-refractivity contribution is 6.32. The van der Waals surface area contributed by atoms with E-state index in [9.17, 15) is 10.1 Å². The second kappa shape index (κ2) is 6.44. The number of halogens is 1. The Morgan fingerprint density at radius 3 is 2.81 bits per heavy atom. The summed E-state index contributed by atoms with van der Waals surface area (Å²) in [5.41, 5.74) is 4.68. The van der Waals surface area contributed by atoms with Crippen LogP contribution in [0.15, 0.2) is 48.6 Å². The summed E-state index contributed by atoms with van der Waals surface area (Å²) in [5.74, 6) is 1.09. The normalized spacial score (nSPS) is 23.5. The smallest absolute Gasteiger partial charge is 0.288 e. The van der Waals surface area contributed by atoms with Crippen LogP contribution in [0.1, 0.15) is 54.8 Å². The molecule has 5 heteroatoms. The van der Waals surface area contributed by atoms with Crippen molar-refractivity contribution in [1.82, 2.24) is 0 Å². The van der Waals surface area contributed by atoms with Gasteiger partial charge in [-0.1, -0.05) is 61.9 Å². The summed E-state index contributed by atoms with van der Waals surface area (Å²) < 4.78 is 0. The van der Waals surface area contributed by atoms with E-state index in [-0.39, 0.29) is 16.8 Å². The molecule has 1 aliphatic heterocycles. The molecule has 0 saturated carbocycles. The van der Waals surface area contributed by atoms with Crippen molar-refractivity contribution in [3.8, 4) is 0 Å². The maximum Gasteiger partial charge on any atom is 0.288 e. The first-order valence-electron chi connectivity index (χ1n) is 8.97. The van der Waals surface area contributed by atoms with Crippen LogP contribution < -0.4 is 5.32 Å². The molecule has 0 fully saturated rings. The molecule has 4 nitrogen and oxygen atoms in total. The zero-order valence-electron chi connectivity index (χ0n) is 14.8. The summed E-state index contributed by atoms with van der Waals surface area (Å²) in [6.45, 7) is 4.38. The standard InChI is InChI=1S/C21H21ClN2O2/c1-12(2)14-5-3-8-17-15-6-4-7-16(15)20(23-21(14)17)13-9-10-18(22)19(11-13)24(25)26/h3-6,8-12,15-16,20,23H,7H2,1-2H3/t15-,16-,20-/m1/s1. The van der Waals surface area contributed by atoms with E-state index in [0.29, 0.717) is 17.8 Å². The van der Waals surface area contributed by atoms with E-state index in [1.54, 1.807) is 12.1 Å². The molecule has 0 saturated heterocycles. The molecule has 4 rings (SSSR count). The Morgan fingerprint density at radius 2 is 2.08 bits per heavy atom. The molecular weight excluding hydrogens is 348 g/mol. The van der Waals surface area contributed by atoms with Crippen molar-refractivity contribution >= 4 is 23.0 Å². The van der Waals surface area contributed by atoms with Crippen molar-refractivity contribution < 1.29 is 4.92 Å². The summed E-state index contributed by atoms with van der Waals surface area (Å²) in [5, 5.41) is 15.2. The molecule has 0 bridgehead atoms. The average Bonchev–Trinajstić information content (AvgIpc) is 3.10. The quantitative estimate of drug-likeness (QED) is 0.398. The van der Waals surface area contributed by atoms with Gasteiger partial charge in [-0.05, 0) is 41.0 Å². The number of hydrogen-bond acceptors (Lipinski definition) is 3. The fourth-order valence-corrected chi connectivity index (χ4v) is 4.51. The second-order valence-corrected chi connectivity index (χ2v) is 7.82. The zero-order chi connectivity index (χ0) is 18.4. The number of rotatable bonds is 3. The summed E-state index contributed by atoms with van der Waals surface area (Å²) in [6.07, 6.45) is 5.47. The minimum absolute atomic E-state index is 0.0263. The van der Waals surface area contributed by atoms with Gasteiger partial charge >= 0.3 is 0 Å². The number of benzene rings is 2. The molecule has 3 atom stereocenters. The van der Waals surface area contributed by atoms with Crippen LogP contribution in [-0.4, -0.2) is 4.92 Å². The van der Waals surface area contributed by atoms with Crippen LogP contribution in [0.5, 0.6) is 0 Å². The van der Waals surface area contributed by atoms with Gasteiger partial charge < -0.3 is 5.32 Å². The van der Waals surface area contributed by atoms with Gasteiger partial charge in [-0.25, -0.2) is 0 Å². The predicted octanol–water partition coefficient (Wildman–Crippen LogP) is 6.20. The van der Waals surface area contributed by atoms with Crippen molar-refractivity contribution in [3.63, 3.8) is 0 Å². The van der Waals surface area contributed by atoms with Crippen molar-refractivity contribution in [3.05, 3.63) is 80.4 Å². The lowest BCUT2D eigenvalue weighted by Gasteiger charge is -2.39. The summed E-state index contributed by atoms with van der Waals surface area (Å²) in [4.78, 5) is 10.9. The number of hydrogen-bond donors (Lipinski definition) is 1. The molecule has 0 amide bonds. The molecule has 1 heterocycles. The largest absolute Gasteiger partial charge is 0.377 e. The van der Waals surface area contributed by atoms with Crippen LogP contribution in [-0.2, 0) is 0 Å². The number of para-hydroxylation sites is 1. The van der Waals surface area contributed by atoms with Gasteiger partial charge in [-0.15, -0.1) is 0 Å². The minimum Gasteiger partial charge on any atom is -0.377 e. The van der Waals surface area contributed by atoms with Crippen molar-refractivity contribution in [2.75, 3.05) is 5.32 Å². The van der Waals surface area contributed by atoms with E-state index in [1.165, 1.54) is 16.8 Å². The number of allylic oxidation sites excluding steroid dienone is 2. The molecule has 2 aromatic carbocycles. The molecule has 2 aromatic rings. The Kier molecular flexibility index (Phi) is 4.23. The summed E-state index contributed by atoms with van der Waals surface area (Å²) in [7, 11) is 0. The van der Waals surface area contributed by atoms with E-state index in [4.69, 9.17) is 11.6 Å². The lowest BCUT2D eigenvalue weighted by molar-refractivity contribution is -0.384. The van der Waals surface area contributed by atoms with E-state index in [1.807, 2.05) is 6.07 Å². The molecule has 2 aliphatic rings. The van der Waals surface area contributed by atoms with Crippen LogP contribution in [0.25, 0.3) is 0 Å². The molecule has 26 heavy (non-hydrogen) atoms. The van der Waals surface area contributed by atoms with Gasteiger partial charge in [-0.3, -0.25) is 10.1 Å². The van der Waals surface area contributed by atoms with Crippen molar-refractivity contribution in [2.45, 2.75) is 38.1 Å². The first-order valence-corrected chi connectivity index (χ1v) is 9.35. The zero-order valence-corrected chi connectivity index (χ0v) is 15.5. The van der Waals surface area contributed by atoms with Gasteiger partial charge in [0.25, 0.3) is 5.69 Å². The Morgan fingerprint density at radius 1 is 1.27 bits per heavy atom. The predicted molar refractivity (Wildman–Crippen MR) is 105 cm³/mol. The van der Waals surface area contributed by atoms with E-state index in [2.05, 4.69) is 49.5 Å². The lowest BCUT2D eigenvalue weighted by Crippen LogP contribution is -2.30. The number of nitro benzene ring substituents is 1. The van der Waals surface area contributed by atoms with Gasteiger partial charge in [0.2, 0.25) is 0 Å². The SMILES string of the molecule is CC(C)c1cccc2c1N[C@H](c1ccc(Cl)c([N+](=O)[O-])c1)[C@@H]1CC=C[C@@H]21. The highest BCUT2D eigenvalue weighted by Gasteiger charge is 2.39. The van der Waals surface area contributed by atoms with Crippen LogP contribution >= 0.6 is 11.6 Å². The molecule has 0 radical (unpaired) electrons. The monoisotopic (exact) mass is 368 g/mol. The van der Waals surface area contributed by atoms with Crippen LogP contribution in [0.3, 0.4) is 0 Å². The fourth-order valence-electron chi connectivity index (χ4n) is 4.32. The third-order valence-electron chi connectivity index (χ3n) is 5.58. The third-order valence-corrected chi connectivity index (χ3v) is 5.90. The molecule has 134 valence electrons. The van der Waals surface area contributed by atoms with Gasteiger partial charge in [0.05, 0.1) is 11.0 Å². The van der Waals surface area contributed by atoms with Gasteiger partial charge in [-0.2, -0.15) is 0 Å². The van der Waals surface area contributed by atoms with Crippen LogP contribution in [0.2, 0.25) is 5.02 Å². The Hall–Kier alpha value is -2.33. The molecule has 1 N–H and O–H groups in total. The van der Waals surface area contributed by atoms with Crippen LogP contribution in [0.4, 0.5) is 11.4 Å². The molecule has 0 unspecified atom stereocenters. The molecule has 0 aromatic heterocycles. The Bertz CT molecular complexity index is 907. The number of nitrogens with one attached hydrogen (secondary N) is 1. The van der Waals surface area contributed by atoms with Crippen molar-refractivity contribution in [2.24, 2.45) is 5.92 Å². The lowest BCUT2D eigenvalue weighted by atomic mass is 9.75. The number of nitrogens with zero attached hydrogens (tertiary/aromatic N) is 1. The molecule has 0 spiro atoms. The number of anilines is 1. The Labute approximate surface area is 158 Å². The first kappa shape index (κ1) is 17.1. The average molecular weight is 369 g/mol. The van der Waals surface area contributed by atoms with Gasteiger partial charge in [0, 0.05) is 17.7 Å². The highest BCUT2D eigenvalue weighted by atomic mass is 35.5. The number of fused-ring (bicyclic) bond motifs is 3. The molecular formula is C21H21ClN2O2. The maximum atomic E-state index is 11.3. The minimum atomic E-state index is -0.410. The number of nitro groups is 1. The van der Waals surface area contributed by atoms with Gasteiger partial charge in [0.15, 0.2) is 0 Å². The van der Waals surface area contributed by atoms with Crippen LogP contribution in [0, 0.1) is 16.0 Å². The summed E-state index contributed by atoms with van der Waals surface area (Å²) >= 11 is 6.01. The van der Waals surface area contributed by atoms with Crippen molar-refractivity contribution in [1.29, 1.82) is 0 Å². The highest BCUT2D eigenvalue weighted by Crippen LogP contribution is 2.51. The van der Waals surface area contributed by atoms with E-state index < -0.39 is 4.92 Å². The van der Waals surface area contributed by atoms with E-state index in [0.717, 1.165) is 12.0 Å². The fraction of sp³-hybridized carbons (Fsp3) is 0.333. The Balaban J connectivity index is 1.82. The molecule has 1 aliphatic carbocycles. The summed E-state index contributed by atoms with van der Waals surface area (Å²) in [6, 6.07) is 11.7.